The monoisotopic (exact) mass is 300 g/mol. The summed E-state index contributed by atoms with van der Waals surface area (Å²) in [5.41, 5.74) is 1.14. The van der Waals surface area contributed by atoms with Gasteiger partial charge < -0.3 is 4.42 Å². The molecule has 16 heavy (non-hydrogen) atoms. The fourth-order valence-electron chi connectivity index (χ4n) is 1.32. The van der Waals surface area contributed by atoms with Crippen molar-refractivity contribution in [2.75, 3.05) is 5.88 Å². The maximum atomic E-state index is 5.59. The fourth-order valence-corrected chi connectivity index (χ4v) is 1.74. The van der Waals surface area contributed by atoms with Crippen LogP contribution in [0.25, 0.3) is 0 Å². The van der Waals surface area contributed by atoms with Gasteiger partial charge in [-0.1, -0.05) is 28.1 Å². The third-order valence-corrected chi connectivity index (χ3v) is 2.80. The van der Waals surface area contributed by atoms with E-state index in [2.05, 4.69) is 26.1 Å². The first-order valence-electron chi connectivity index (χ1n) is 4.89. The number of aryl methyl sites for hydroxylation is 1. The van der Waals surface area contributed by atoms with E-state index in [-0.39, 0.29) is 0 Å². The quantitative estimate of drug-likeness (QED) is 0.814. The smallest absolute Gasteiger partial charge is 0.220 e. The second-order valence-corrected chi connectivity index (χ2v) is 4.63. The lowest BCUT2D eigenvalue weighted by molar-refractivity contribution is 0.463. The summed E-state index contributed by atoms with van der Waals surface area (Å²) < 4.78 is 6.50. The number of halogens is 2. The molecule has 0 N–H and O–H groups in total. The van der Waals surface area contributed by atoms with Crippen molar-refractivity contribution < 1.29 is 4.42 Å². The molecule has 0 bridgehead atoms. The summed E-state index contributed by atoms with van der Waals surface area (Å²) in [6, 6.07) is 8.03. The van der Waals surface area contributed by atoms with Crippen LogP contribution in [0, 0.1) is 0 Å². The van der Waals surface area contributed by atoms with Crippen LogP contribution in [-0.2, 0) is 12.8 Å². The van der Waals surface area contributed by atoms with Crippen molar-refractivity contribution in [3.63, 3.8) is 0 Å². The van der Waals surface area contributed by atoms with Crippen LogP contribution in [0.3, 0.4) is 0 Å². The lowest BCUT2D eigenvalue weighted by Crippen LogP contribution is -1.87. The Morgan fingerprint density at radius 1 is 1.12 bits per heavy atom. The lowest BCUT2D eigenvalue weighted by atomic mass is 10.1. The molecule has 0 radical (unpaired) electrons. The van der Waals surface area contributed by atoms with Gasteiger partial charge in [0.1, 0.15) is 0 Å². The average molecular weight is 302 g/mol. The predicted molar refractivity (Wildman–Crippen MR) is 65.7 cm³/mol. The van der Waals surface area contributed by atoms with Gasteiger partial charge in [0.2, 0.25) is 11.8 Å². The molecule has 0 atom stereocenters. The van der Waals surface area contributed by atoms with Crippen LogP contribution in [0.2, 0.25) is 0 Å². The van der Waals surface area contributed by atoms with Crippen molar-refractivity contribution in [1.82, 2.24) is 10.2 Å². The average Bonchev–Trinajstić information content (AvgIpc) is 2.70. The summed E-state index contributed by atoms with van der Waals surface area (Å²) in [5.74, 6) is 1.73. The first-order chi connectivity index (χ1) is 7.78. The number of alkyl halides is 1. The van der Waals surface area contributed by atoms with Gasteiger partial charge in [-0.2, -0.15) is 0 Å². The molecule has 0 unspecified atom stereocenters. The van der Waals surface area contributed by atoms with Gasteiger partial charge in [0.05, 0.1) is 6.42 Å². The van der Waals surface area contributed by atoms with Crippen molar-refractivity contribution in [2.45, 2.75) is 12.8 Å². The molecule has 5 heteroatoms. The van der Waals surface area contributed by atoms with Crippen molar-refractivity contribution in [3.8, 4) is 0 Å². The van der Waals surface area contributed by atoms with Crippen LogP contribution < -0.4 is 0 Å². The van der Waals surface area contributed by atoms with Crippen LogP contribution in [0.15, 0.2) is 33.2 Å². The Labute approximate surface area is 107 Å². The molecule has 0 aliphatic heterocycles. The van der Waals surface area contributed by atoms with Crippen LogP contribution in [0.1, 0.15) is 17.3 Å². The largest absolute Gasteiger partial charge is 0.425 e. The number of nitrogens with zero attached hydrogens (tertiary/aromatic N) is 2. The Hall–Kier alpha value is -0.870. The summed E-state index contributed by atoms with van der Waals surface area (Å²) in [4.78, 5) is 0. The minimum Gasteiger partial charge on any atom is -0.425 e. The SMILES string of the molecule is ClCCc1nnc(Cc2ccc(Br)cc2)o1. The Kier molecular flexibility index (Phi) is 3.96. The van der Waals surface area contributed by atoms with Crippen molar-refractivity contribution >= 4 is 27.5 Å². The van der Waals surface area contributed by atoms with E-state index in [4.69, 9.17) is 16.0 Å². The molecule has 0 saturated heterocycles. The maximum Gasteiger partial charge on any atom is 0.220 e. The lowest BCUT2D eigenvalue weighted by Gasteiger charge is -1.96. The minimum atomic E-state index is 0.500. The number of rotatable bonds is 4. The molecule has 0 aliphatic rings. The minimum absolute atomic E-state index is 0.500. The molecule has 1 aromatic carbocycles. The Bertz CT molecular complexity index is 455. The summed E-state index contributed by atoms with van der Waals surface area (Å²) in [5, 5.41) is 7.87. The molecule has 2 aromatic rings. The van der Waals surface area contributed by atoms with Crippen molar-refractivity contribution in [2.24, 2.45) is 0 Å². The topological polar surface area (TPSA) is 38.9 Å². The van der Waals surface area contributed by atoms with E-state index in [1.54, 1.807) is 0 Å². The van der Waals surface area contributed by atoms with E-state index in [9.17, 15) is 0 Å². The first kappa shape index (κ1) is 11.6. The molecular weight excluding hydrogens is 291 g/mol. The molecular formula is C11H10BrClN2O. The van der Waals surface area contributed by atoms with Crippen LogP contribution in [0.4, 0.5) is 0 Å². The number of hydrogen-bond donors (Lipinski definition) is 0. The second-order valence-electron chi connectivity index (χ2n) is 3.33. The molecule has 0 aliphatic carbocycles. The van der Waals surface area contributed by atoms with Gasteiger partial charge in [-0.3, -0.25) is 0 Å². The maximum absolute atomic E-state index is 5.59. The highest BCUT2D eigenvalue weighted by atomic mass is 79.9. The van der Waals surface area contributed by atoms with Gasteiger partial charge in [0.25, 0.3) is 0 Å². The van der Waals surface area contributed by atoms with E-state index < -0.39 is 0 Å². The molecule has 1 aromatic heterocycles. The second kappa shape index (κ2) is 5.46. The highest BCUT2D eigenvalue weighted by Gasteiger charge is 2.06. The van der Waals surface area contributed by atoms with Crippen LogP contribution >= 0.6 is 27.5 Å². The summed E-state index contributed by atoms with van der Waals surface area (Å²) in [6.45, 7) is 0. The van der Waals surface area contributed by atoms with E-state index in [1.165, 1.54) is 0 Å². The van der Waals surface area contributed by atoms with E-state index in [1.807, 2.05) is 24.3 Å². The summed E-state index contributed by atoms with van der Waals surface area (Å²) >= 11 is 8.98. The van der Waals surface area contributed by atoms with Crippen LogP contribution in [-0.4, -0.2) is 16.1 Å². The van der Waals surface area contributed by atoms with E-state index in [0.717, 1.165) is 10.0 Å². The third kappa shape index (κ3) is 3.06. The van der Waals surface area contributed by atoms with Gasteiger partial charge >= 0.3 is 0 Å². The summed E-state index contributed by atoms with van der Waals surface area (Å²) in [6.07, 6.45) is 1.28. The number of hydrogen-bond acceptors (Lipinski definition) is 3. The Morgan fingerprint density at radius 2 is 1.81 bits per heavy atom. The highest BCUT2D eigenvalue weighted by Crippen LogP contribution is 2.13. The van der Waals surface area contributed by atoms with Gasteiger partial charge in [-0.15, -0.1) is 21.8 Å². The zero-order valence-corrected chi connectivity index (χ0v) is 10.8. The molecule has 0 spiro atoms. The molecule has 2 rings (SSSR count). The molecule has 84 valence electrons. The molecule has 0 fully saturated rings. The summed E-state index contributed by atoms with van der Waals surface area (Å²) in [7, 11) is 0. The number of benzene rings is 1. The molecule has 0 saturated carbocycles. The van der Waals surface area contributed by atoms with Gasteiger partial charge in [-0.05, 0) is 17.7 Å². The standard InChI is InChI=1S/C11H10BrClN2O/c12-9-3-1-8(2-4-9)7-11-15-14-10(16-11)5-6-13/h1-4H,5-7H2. The zero-order chi connectivity index (χ0) is 11.4. The predicted octanol–water partition coefficient (Wildman–Crippen LogP) is 3.20. The first-order valence-corrected chi connectivity index (χ1v) is 6.22. The van der Waals surface area contributed by atoms with Crippen LogP contribution in [0.5, 0.6) is 0 Å². The zero-order valence-electron chi connectivity index (χ0n) is 8.49. The number of aromatic nitrogens is 2. The van der Waals surface area contributed by atoms with Gasteiger partial charge in [0.15, 0.2) is 0 Å². The van der Waals surface area contributed by atoms with Crippen molar-refractivity contribution in [3.05, 3.63) is 46.1 Å². The highest BCUT2D eigenvalue weighted by molar-refractivity contribution is 9.10. The molecule has 3 nitrogen and oxygen atoms in total. The van der Waals surface area contributed by atoms with Gasteiger partial charge in [-0.25, -0.2) is 0 Å². The van der Waals surface area contributed by atoms with Gasteiger partial charge in [0, 0.05) is 16.8 Å². The Balaban J connectivity index is 2.05. The fraction of sp³-hybridized carbons (Fsp3) is 0.273. The third-order valence-electron chi connectivity index (χ3n) is 2.09. The normalized spacial score (nSPS) is 10.6. The molecule has 0 amide bonds. The Morgan fingerprint density at radius 3 is 2.50 bits per heavy atom. The van der Waals surface area contributed by atoms with Crippen molar-refractivity contribution in [1.29, 1.82) is 0 Å². The van der Waals surface area contributed by atoms with E-state index >= 15 is 0 Å². The molecule has 1 heterocycles. The van der Waals surface area contributed by atoms with E-state index in [0.29, 0.717) is 30.5 Å².